The number of anilines is 1. The number of fused-ring (bicyclic) bond motifs is 1. The minimum Gasteiger partial charge on any atom is -0.453 e. The zero-order valence-corrected chi connectivity index (χ0v) is 22.6. The zero-order valence-electron chi connectivity index (χ0n) is 22.6. The van der Waals surface area contributed by atoms with Crippen molar-refractivity contribution in [3.8, 4) is 11.5 Å². The molecule has 0 radical (unpaired) electrons. The van der Waals surface area contributed by atoms with Gasteiger partial charge >= 0.3 is 5.91 Å². The molecule has 3 heterocycles. The number of quaternary nitrogens is 1. The van der Waals surface area contributed by atoms with Crippen LogP contribution in [0.25, 0.3) is 11.0 Å². The van der Waals surface area contributed by atoms with E-state index in [1.54, 1.807) is 54.9 Å². The van der Waals surface area contributed by atoms with Crippen molar-refractivity contribution in [1.29, 1.82) is 0 Å². The van der Waals surface area contributed by atoms with Gasteiger partial charge in [0.05, 0.1) is 5.39 Å². The molecule has 214 valence electrons. The van der Waals surface area contributed by atoms with E-state index in [4.69, 9.17) is 4.74 Å². The maximum atomic E-state index is 15.0. The summed E-state index contributed by atoms with van der Waals surface area (Å²) in [6, 6.07) is 18.8. The van der Waals surface area contributed by atoms with Crippen molar-refractivity contribution >= 4 is 28.5 Å². The Labute approximate surface area is 244 Å². The normalized spacial score (nSPS) is 14.0. The summed E-state index contributed by atoms with van der Waals surface area (Å²) in [5.74, 6) is -2.47. The van der Waals surface area contributed by atoms with E-state index < -0.39 is 29.3 Å². The Hall–Kier alpha value is -5.48. The summed E-state index contributed by atoms with van der Waals surface area (Å²) in [6.07, 6.45) is 7.87. The van der Waals surface area contributed by atoms with Crippen LogP contribution in [-0.2, 0) is 22.7 Å². The molecule has 10 heteroatoms. The van der Waals surface area contributed by atoms with E-state index in [1.807, 2.05) is 0 Å². The summed E-state index contributed by atoms with van der Waals surface area (Å²) < 4.78 is 47.6. The molecule has 0 unspecified atom stereocenters. The molecule has 0 spiro atoms. The molecule has 6 rings (SSSR count). The summed E-state index contributed by atoms with van der Waals surface area (Å²) in [4.78, 5) is 34.5. The second kappa shape index (κ2) is 11.4. The van der Waals surface area contributed by atoms with E-state index in [0.29, 0.717) is 27.9 Å². The van der Waals surface area contributed by atoms with Crippen molar-refractivity contribution in [2.75, 3.05) is 5.32 Å². The van der Waals surface area contributed by atoms with Crippen molar-refractivity contribution in [2.24, 2.45) is 0 Å². The molecule has 1 aliphatic heterocycles. The highest BCUT2D eigenvalue weighted by Crippen LogP contribution is 2.32. The first-order valence-corrected chi connectivity index (χ1v) is 13.3. The number of nitrogens with zero attached hydrogens (tertiary/aromatic N) is 2. The lowest BCUT2D eigenvalue weighted by molar-refractivity contribution is -0.829. The Morgan fingerprint density at radius 1 is 0.860 bits per heavy atom. The molecule has 43 heavy (non-hydrogen) atoms. The van der Waals surface area contributed by atoms with E-state index in [-0.39, 0.29) is 34.6 Å². The quantitative estimate of drug-likeness (QED) is 0.154. The number of ether oxygens (including phenoxy) is 1. The first-order chi connectivity index (χ1) is 20.8. The van der Waals surface area contributed by atoms with E-state index in [2.05, 4.69) is 15.3 Å². The van der Waals surface area contributed by atoms with Crippen molar-refractivity contribution in [1.82, 2.24) is 9.97 Å². The lowest BCUT2D eigenvalue weighted by atomic mass is 10.0. The molecule has 2 N–H and O–H groups in total. The third kappa shape index (κ3) is 5.81. The molecule has 0 fully saturated rings. The first kappa shape index (κ1) is 27.7. The topological polar surface area (TPSA) is 84.1 Å². The number of carbonyl (C=O) groups excluding carboxylic acids is 2. The van der Waals surface area contributed by atoms with Crippen molar-refractivity contribution in [3.05, 3.63) is 144 Å². The van der Waals surface area contributed by atoms with Crippen molar-refractivity contribution in [3.63, 3.8) is 0 Å². The number of hydrogen-bond donors (Lipinski definition) is 2. The van der Waals surface area contributed by atoms with Crippen LogP contribution in [0.15, 0.2) is 115 Å². The van der Waals surface area contributed by atoms with Gasteiger partial charge in [-0.3, -0.25) is 4.79 Å². The van der Waals surface area contributed by atoms with Gasteiger partial charge in [-0.05, 0) is 60.7 Å². The van der Waals surface area contributed by atoms with Gasteiger partial charge in [-0.1, -0.05) is 24.3 Å². The number of rotatable bonds is 8. The van der Waals surface area contributed by atoms with Gasteiger partial charge in [0.2, 0.25) is 0 Å². The van der Waals surface area contributed by atoms with Gasteiger partial charge in [0.1, 0.15) is 47.9 Å². The summed E-state index contributed by atoms with van der Waals surface area (Å²) in [5, 5.41) is 3.28. The Bertz CT molecular complexity index is 1850. The fraction of sp³-hybridized carbons (Fsp3) is 0.0606. The van der Waals surface area contributed by atoms with Gasteiger partial charge in [0, 0.05) is 35.3 Å². The second-order valence-corrected chi connectivity index (χ2v) is 10.1. The minimum absolute atomic E-state index is 0.0585. The number of H-pyrrole nitrogens is 1. The van der Waals surface area contributed by atoms with Gasteiger partial charge in [-0.2, -0.15) is 0 Å². The van der Waals surface area contributed by atoms with Crippen molar-refractivity contribution in [2.45, 2.75) is 13.1 Å². The average molecular weight is 582 g/mol. The van der Waals surface area contributed by atoms with Crippen LogP contribution in [0.4, 0.5) is 18.9 Å². The molecule has 0 aliphatic carbocycles. The molecule has 0 atom stereocenters. The summed E-state index contributed by atoms with van der Waals surface area (Å²) in [5.41, 5.74) is 1.88. The van der Waals surface area contributed by atoms with Crippen LogP contribution in [0.2, 0.25) is 0 Å². The van der Waals surface area contributed by atoms with E-state index in [9.17, 15) is 18.4 Å². The number of benzene rings is 3. The maximum absolute atomic E-state index is 15.0. The smallest absolute Gasteiger partial charge is 0.356 e. The van der Waals surface area contributed by atoms with E-state index in [0.717, 1.165) is 6.07 Å². The summed E-state index contributed by atoms with van der Waals surface area (Å²) >= 11 is 0. The predicted octanol–water partition coefficient (Wildman–Crippen LogP) is 6.91. The number of aromatic nitrogens is 2. The van der Waals surface area contributed by atoms with Gasteiger partial charge in [0.15, 0.2) is 11.6 Å². The molecule has 3 aromatic carbocycles. The minimum atomic E-state index is -0.730. The Morgan fingerprint density at radius 3 is 2.19 bits per heavy atom. The molecular weight excluding hydrogens is 557 g/mol. The van der Waals surface area contributed by atoms with Gasteiger partial charge in [0.25, 0.3) is 5.91 Å². The number of aromatic amines is 1. The molecule has 2 aromatic heterocycles. The average Bonchev–Trinajstić information content (AvgIpc) is 3.48. The molecule has 0 saturated heterocycles. The summed E-state index contributed by atoms with van der Waals surface area (Å²) in [6.45, 7) is 0.226. The SMILES string of the molecule is O=C(Nc1ccc(Oc2ccnc3[nH]ccc23)c(F)c1)C1=CC=C[N+](Cc2ccc(F)cc2)(Cc2ccc(F)cc2)C1=O. The predicted molar refractivity (Wildman–Crippen MR) is 154 cm³/mol. The number of hydrogen-bond acceptors (Lipinski definition) is 4. The fourth-order valence-corrected chi connectivity index (χ4v) is 4.99. The monoisotopic (exact) mass is 581 g/mol. The highest BCUT2D eigenvalue weighted by Gasteiger charge is 2.42. The molecule has 7 nitrogen and oxygen atoms in total. The molecular formula is C33H24F3N4O3+. The van der Waals surface area contributed by atoms with Gasteiger partial charge in [-0.15, -0.1) is 0 Å². The number of amides is 2. The largest absolute Gasteiger partial charge is 0.453 e. The van der Waals surface area contributed by atoms with Crippen LogP contribution >= 0.6 is 0 Å². The Kier molecular flexibility index (Phi) is 7.35. The van der Waals surface area contributed by atoms with E-state index >= 15 is 4.39 Å². The van der Waals surface area contributed by atoms with Crippen LogP contribution in [0.5, 0.6) is 11.5 Å². The molecule has 2 amide bonds. The Morgan fingerprint density at radius 2 is 1.53 bits per heavy atom. The highest BCUT2D eigenvalue weighted by atomic mass is 19.1. The van der Waals surface area contributed by atoms with Crippen LogP contribution in [0.3, 0.4) is 0 Å². The number of halogens is 3. The molecule has 5 aromatic rings. The molecule has 0 saturated carbocycles. The van der Waals surface area contributed by atoms with Gasteiger partial charge in [-0.25, -0.2) is 27.4 Å². The summed E-state index contributed by atoms with van der Waals surface area (Å²) in [7, 11) is 0. The van der Waals surface area contributed by atoms with Crippen LogP contribution in [0, 0.1) is 17.5 Å². The number of pyridine rings is 1. The molecule has 1 aliphatic rings. The van der Waals surface area contributed by atoms with E-state index in [1.165, 1.54) is 48.7 Å². The van der Waals surface area contributed by atoms with Crippen LogP contribution in [-0.4, -0.2) is 26.3 Å². The third-order valence-electron chi connectivity index (χ3n) is 7.10. The number of allylic oxidation sites excluding steroid dienone is 2. The molecule has 0 bridgehead atoms. The number of carbonyl (C=O) groups is 2. The second-order valence-electron chi connectivity index (χ2n) is 10.1. The highest BCUT2D eigenvalue weighted by molar-refractivity contribution is 6.21. The standard InChI is InChI=1S/C33H23F3N4O3/c34-23-7-3-21(4-8-23)19-40(20-22-5-9-24(35)10-6-22)17-1-2-27(33(40)42)32(41)39-25-11-12-30(28(36)18-25)43-29-14-16-38-31-26(29)13-15-37-31/h1-18H,19-20H2,(H-,37,38,39,41)/p+1. The first-order valence-electron chi connectivity index (χ1n) is 13.3. The van der Waals surface area contributed by atoms with Gasteiger partial charge < -0.3 is 15.0 Å². The number of nitrogens with one attached hydrogen (secondary N) is 2. The lowest BCUT2D eigenvalue weighted by Crippen LogP contribution is -2.50. The maximum Gasteiger partial charge on any atom is 0.356 e. The lowest BCUT2D eigenvalue weighted by Gasteiger charge is -2.34. The zero-order chi connectivity index (χ0) is 30.0. The van der Waals surface area contributed by atoms with Crippen LogP contribution in [0.1, 0.15) is 11.1 Å². The fourth-order valence-electron chi connectivity index (χ4n) is 4.99. The van der Waals surface area contributed by atoms with Crippen LogP contribution < -0.4 is 10.1 Å². The van der Waals surface area contributed by atoms with Crippen molar-refractivity contribution < 1.29 is 32.0 Å². The Balaban J connectivity index is 1.23. The third-order valence-corrected chi connectivity index (χ3v) is 7.10.